The number of nitrogens with two attached hydrogens (primary N) is 1. The standard InChI is InChI=1S/C14H25N5OS/c1-2-3-10-21-14-16-12(15)11-13(17-14)19-6-4-18(5-7-19)8-9-20/h11,20H,2-10H2,1H3,(H2,15,16,17). The van der Waals surface area contributed by atoms with Crippen LogP contribution in [0.25, 0.3) is 0 Å². The zero-order valence-corrected chi connectivity index (χ0v) is 13.5. The molecular weight excluding hydrogens is 286 g/mol. The van der Waals surface area contributed by atoms with Gasteiger partial charge in [0.2, 0.25) is 0 Å². The molecule has 0 unspecified atom stereocenters. The quantitative estimate of drug-likeness (QED) is 0.443. The van der Waals surface area contributed by atoms with Crippen molar-refractivity contribution in [3.05, 3.63) is 6.07 Å². The van der Waals surface area contributed by atoms with E-state index in [9.17, 15) is 0 Å². The van der Waals surface area contributed by atoms with Crippen LogP contribution in [0.5, 0.6) is 0 Å². The Kier molecular flexibility index (Phi) is 6.53. The van der Waals surface area contributed by atoms with Gasteiger partial charge >= 0.3 is 0 Å². The molecule has 6 nitrogen and oxygen atoms in total. The number of aromatic nitrogens is 2. The zero-order valence-electron chi connectivity index (χ0n) is 12.7. The molecule has 1 saturated heterocycles. The average Bonchev–Trinajstić information content (AvgIpc) is 2.48. The van der Waals surface area contributed by atoms with Crippen molar-refractivity contribution in [1.82, 2.24) is 14.9 Å². The molecule has 21 heavy (non-hydrogen) atoms. The molecular formula is C14H25N5OS. The number of piperazine rings is 1. The number of thioether (sulfide) groups is 1. The summed E-state index contributed by atoms with van der Waals surface area (Å²) in [6.45, 7) is 6.87. The third-order valence-corrected chi connectivity index (χ3v) is 4.49. The number of hydrogen-bond donors (Lipinski definition) is 2. The highest BCUT2D eigenvalue weighted by molar-refractivity contribution is 7.99. The SMILES string of the molecule is CCCCSc1nc(N)cc(N2CCN(CCO)CC2)n1. The van der Waals surface area contributed by atoms with Gasteiger partial charge in [0.05, 0.1) is 6.61 Å². The van der Waals surface area contributed by atoms with Gasteiger partial charge in [0.25, 0.3) is 0 Å². The van der Waals surface area contributed by atoms with Gasteiger partial charge in [-0.15, -0.1) is 0 Å². The molecule has 118 valence electrons. The molecule has 1 aromatic rings. The van der Waals surface area contributed by atoms with Crippen LogP contribution < -0.4 is 10.6 Å². The summed E-state index contributed by atoms with van der Waals surface area (Å²) in [6, 6.07) is 1.85. The maximum Gasteiger partial charge on any atom is 0.191 e. The number of unbranched alkanes of at least 4 members (excludes halogenated alkanes) is 1. The molecule has 1 aliphatic heterocycles. The van der Waals surface area contributed by atoms with Crippen molar-refractivity contribution in [2.75, 3.05) is 55.7 Å². The van der Waals surface area contributed by atoms with Crippen LogP contribution in [0, 0.1) is 0 Å². The van der Waals surface area contributed by atoms with E-state index in [4.69, 9.17) is 10.8 Å². The highest BCUT2D eigenvalue weighted by Crippen LogP contribution is 2.22. The van der Waals surface area contributed by atoms with E-state index in [-0.39, 0.29) is 6.61 Å². The molecule has 1 aliphatic rings. The minimum absolute atomic E-state index is 0.221. The number of aliphatic hydroxyl groups excluding tert-OH is 1. The maximum atomic E-state index is 8.98. The Morgan fingerprint density at radius 1 is 1.29 bits per heavy atom. The molecule has 1 aromatic heterocycles. The largest absolute Gasteiger partial charge is 0.395 e. The Morgan fingerprint density at radius 3 is 2.71 bits per heavy atom. The normalized spacial score (nSPS) is 16.4. The fourth-order valence-corrected chi connectivity index (χ4v) is 3.25. The highest BCUT2D eigenvalue weighted by Gasteiger charge is 2.18. The van der Waals surface area contributed by atoms with E-state index in [1.54, 1.807) is 11.8 Å². The van der Waals surface area contributed by atoms with Crippen LogP contribution in [0.2, 0.25) is 0 Å². The molecule has 2 rings (SSSR count). The lowest BCUT2D eigenvalue weighted by atomic mass is 10.3. The third-order valence-electron chi connectivity index (χ3n) is 3.55. The molecule has 7 heteroatoms. The summed E-state index contributed by atoms with van der Waals surface area (Å²) in [5, 5.41) is 9.76. The monoisotopic (exact) mass is 311 g/mol. The fourth-order valence-electron chi connectivity index (χ4n) is 2.31. The first-order valence-electron chi connectivity index (χ1n) is 7.58. The lowest BCUT2D eigenvalue weighted by molar-refractivity contribution is 0.188. The predicted octanol–water partition coefficient (Wildman–Crippen LogP) is 1.07. The second kappa shape index (κ2) is 8.41. The summed E-state index contributed by atoms with van der Waals surface area (Å²) in [7, 11) is 0. The number of hydrogen-bond acceptors (Lipinski definition) is 7. The highest BCUT2D eigenvalue weighted by atomic mass is 32.2. The van der Waals surface area contributed by atoms with E-state index >= 15 is 0 Å². The summed E-state index contributed by atoms with van der Waals surface area (Å²) in [5.41, 5.74) is 5.91. The van der Waals surface area contributed by atoms with Gasteiger partial charge in [0, 0.05) is 44.5 Å². The van der Waals surface area contributed by atoms with Gasteiger partial charge in [-0.2, -0.15) is 0 Å². The van der Waals surface area contributed by atoms with Crippen molar-refractivity contribution in [1.29, 1.82) is 0 Å². The average molecular weight is 311 g/mol. The molecule has 0 aromatic carbocycles. The Hall–Kier alpha value is -1.05. The first-order valence-corrected chi connectivity index (χ1v) is 8.57. The lowest BCUT2D eigenvalue weighted by Gasteiger charge is -2.35. The Labute approximate surface area is 130 Å². The van der Waals surface area contributed by atoms with Crippen LogP contribution in [0.1, 0.15) is 19.8 Å². The molecule has 0 atom stereocenters. The summed E-state index contributed by atoms with van der Waals surface area (Å²) < 4.78 is 0. The van der Waals surface area contributed by atoms with Gasteiger partial charge in [-0.05, 0) is 6.42 Å². The first kappa shape index (κ1) is 16.3. The van der Waals surface area contributed by atoms with Crippen molar-refractivity contribution in [3.63, 3.8) is 0 Å². The van der Waals surface area contributed by atoms with Crippen LogP contribution >= 0.6 is 11.8 Å². The number of nitrogens with zero attached hydrogens (tertiary/aromatic N) is 4. The molecule has 3 N–H and O–H groups in total. The minimum atomic E-state index is 0.221. The van der Waals surface area contributed by atoms with Gasteiger partial charge in [-0.3, -0.25) is 4.90 Å². The van der Waals surface area contributed by atoms with Crippen molar-refractivity contribution >= 4 is 23.4 Å². The van der Waals surface area contributed by atoms with Crippen LogP contribution in [-0.2, 0) is 0 Å². The summed E-state index contributed by atoms with van der Waals surface area (Å²) in [5.74, 6) is 2.49. The van der Waals surface area contributed by atoms with E-state index in [0.29, 0.717) is 5.82 Å². The summed E-state index contributed by atoms with van der Waals surface area (Å²) in [6.07, 6.45) is 2.34. The zero-order chi connectivity index (χ0) is 15.1. The number of anilines is 2. The summed E-state index contributed by atoms with van der Waals surface area (Å²) >= 11 is 1.67. The van der Waals surface area contributed by atoms with Crippen LogP contribution in [-0.4, -0.2) is 65.1 Å². The van der Waals surface area contributed by atoms with Gasteiger partial charge in [0.1, 0.15) is 11.6 Å². The van der Waals surface area contributed by atoms with Gasteiger partial charge in [-0.1, -0.05) is 25.1 Å². The van der Waals surface area contributed by atoms with Crippen LogP contribution in [0.15, 0.2) is 11.2 Å². The van der Waals surface area contributed by atoms with Crippen molar-refractivity contribution in [2.45, 2.75) is 24.9 Å². The second-order valence-electron chi connectivity index (χ2n) is 5.19. The number of rotatable bonds is 7. The molecule has 0 bridgehead atoms. The van der Waals surface area contributed by atoms with Crippen molar-refractivity contribution in [3.8, 4) is 0 Å². The Balaban J connectivity index is 1.96. The van der Waals surface area contributed by atoms with Crippen molar-refractivity contribution < 1.29 is 5.11 Å². The molecule has 0 spiro atoms. The lowest BCUT2D eigenvalue weighted by Crippen LogP contribution is -2.47. The van der Waals surface area contributed by atoms with Crippen LogP contribution in [0.3, 0.4) is 0 Å². The number of β-amino-alcohol motifs (C(OH)–C–C–N with tert-alkyl or cyclic N) is 1. The molecule has 1 fully saturated rings. The van der Waals surface area contributed by atoms with Gasteiger partial charge in [0.15, 0.2) is 5.16 Å². The van der Waals surface area contributed by atoms with E-state index < -0.39 is 0 Å². The molecule has 0 aliphatic carbocycles. The minimum Gasteiger partial charge on any atom is -0.395 e. The topological polar surface area (TPSA) is 78.5 Å². The number of nitrogen functional groups attached to an aromatic ring is 1. The van der Waals surface area contributed by atoms with E-state index in [2.05, 4.69) is 26.7 Å². The first-order chi connectivity index (χ1) is 10.2. The fraction of sp³-hybridized carbons (Fsp3) is 0.714. The predicted molar refractivity (Wildman–Crippen MR) is 87.8 cm³/mol. The molecule has 2 heterocycles. The maximum absolute atomic E-state index is 8.98. The van der Waals surface area contributed by atoms with E-state index in [1.165, 1.54) is 6.42 Å². The Morgan fingerprint density at radius 2 is 2.05 bits per heavy atom. The molecule has 0 saturated carbocycles. The Bertz CT molecular complexity index is 437. The molecule has 0 radical (unpaired) electrons. The molecule has 0 amide bonds. The number of aliphatic hydroxyl groups is 1. The summed E-state index contributed by atoms with van der Waals surface area (Å²) in [4.78, 5) is 13.4. The third kappa shape index (κ3) is 5.01. The smallest absolute Gasteiger partial charge is 0.191 e. The van der Waals surface area contributed by atoms with Crippen LogP contribution in [0.4, 0.5) is 11.6 Å². The van der Waals surface area contributed by atoms with E-state index in [1.807, 2.05) is 6.07 Å². The second-order valence-corrected chi connectivity index (χ2v) is 6.25. The van der Waals surface area contributed by atoms with E-state index in [0.717, 1.165) is 55.9 Å². The van der Waals surface area contributed by atoms with Gasteiger partial charge in [-0.25, -0.2) is 9.97 Å². The van der Waals surface area contributed by atoms with Crippen molar-refractivity contribution in [2.24, 2.45) is 0 Å². The van der Waals surface area contributed by atoms with Gasteiger partial charge < -0.3 is 15.7 Å².